The Bertz CT molecular complexity index is 882. The molecule has 2 heterocycles. The van der Waals surface area contributed by atoms with E-state index in [0.717, 1.165) is 22.6 Å². The first-order valence-electron chi connectivity index (χ1n) is 6.74. The molecule has 0 amide bonds. The molecule has 0 bridgehead atoms. The zero-order valence-electron chi connectivity index (χ0n) is 12.3. The first-order valence-corrected chi connectivity index (χ1v) is 6.74. The van der Waals surface area contributed by atoms with Crippen molar-refractivity contribution in [2.45, 2.75) is 13.8 Å². The van der Waals surface area contributed by atoms with Crippen LogP contribution in [0.2, 0.25) is 0 Å². The highest BCUT2D eigenvalue weighted by molar-refractivity contribution is 5.63. The minimum atomic E-state index is -0.0738. The molecule has 0 radical (unpaired) electrons. The fourth-order valence-corrected chi connectivity index (χ4v) is 2.52. The molecule has 0 aliphatic rings. The molecule has 0 fully saturated rings. The van der Waals surface area contributed by atoms with Crippen molar-refractivity contribution in [1.29, 1.82) is 0 Å². The number of hydrogen-bond acceptors (Lipinski definition) is 3. The zero-order chi connectivity index (χ0) is 15.0. The predicted octanol–water partition coefficient (Wildman–Crippen LogP) is 2.99. The van der Waals surface area contributed by atoms with Crippen LogP contribution < -0.4 is 10.3 Å². The van der Waals surface area contributed by atoms with Crippen molar-refractivity contribution in [2.75, 3.05) is 7.11 Å². The molecule has 0 unspecified atom stereocenters. The Morgan fingerprint density at radius 2 is 1.90 bits per heavy atom. The second-order valence-electron chi connectivity index (χ2n) is 5.08. The quantitative estimate of drug-likeness (QED) is 0.725. The van der Waals surface area contributed by atoms with Crippen LogP contribution in [0, 0.1) is 13.8 Å². The molecular formula is C17H16N2O2. The zero-order valence-corrected chi connectivity index (χ0v) is 12.3. The van der Waals surface area contributed by atoms with Crippen molar-refractivity contribution in [1.82, 2.24) is 9.38 Å². The first-order chi connectivity index (χ1) is 10.1. The Balaban J connectivity index is 2.27. The second kappa shape index (κ2) is 5.05. The van der Waals surface area contributed by atoms with Crippen LogP contribution in [0.15, 0.2) is 47.3 Å². The van der Waals surface area contributed by atoms with Gasteiger partial charge in [-0.2, -0.15) is 0 Å². The van der Waals surface area contributed by atoms with Gasteiger partial charge in [0.05, 0.1) is 12.8 Å². The minimum absolute atomic E-state index is 0.0738. The SMILES string of the molecule is COc1cccc(-c2cc(=O)n3c(C)cc(C)cc3n2)c1. The molecule has 0 saturated carbocycles. The van der Waals surface area contributed by atoms with Gasteiger partial charge in [0.25, 0.3) is 5.56 Å². The largest absolute Gasteiger partial charge is 0.497 e. The topological polar surface area (TPSA) is 43.6 Å². The van der Waals surface area contributed by atoms with Crippen molar-refractivity contribution in [3.8, 4) is 17.0 Å². The van der Waals surface area contributed by atoms with Gasteiger partial charge in [0.15, 0.2) is 0 Å². The van der Waals surface area contributed by atoms with E-state index >= 15 is 0 Å². The number of pyridine rings is 1. The Labute approximate surface area is 122 Å². The molecule has 0 aliphatic heterocycles. The van der Waals surface area contributed by atoms with Crippen LogP contribution in [0.4, 0.5) is 0 Å². The summed E-state index contributed by atoms with van der Waals surface area (Å²) in [5.74, 6) is 0.745. The van der Waals surface area contributed by atoms with E-state index in [2.05, 4.69) is 4.98 Å². The summed E-state index contributed by atoms with van der Waals surface area (Å²) in [4.78, 5) is 17.0. The molecule has 0 N–H and O–H groups in total. The number of hydrogen-bond donors (Lipinski definition) is 0. The number of fused-ring (bicyclic) bond motifs is 1. The van der Waals surface area contributed by atoms with E-state index in [-0.39, 0.29) is 5.56 Å². The highest BCUT2D eigenvalue weighted by Gasteiger charge is 2.07. The van der Waals surface area contributed by atoms with Crippen LogP contribution in [0.3, 0.4) is 0 Å². The molecule has 4 nitrogen and oxygen atoms in total. The third-order valence-corrected chi connectivity index (χ3v) is 3.46. The van der Waals surface area contributed by atoms with Crippen molar-refractivity contribution in [2.24, 2.45) is 0 Å². The van der Waals surface area contributed by atoms with Gasteiger partial charge in [-0.3, -0.25) is 9.20 Å². The lowest BCUT2D eigenvalue weighted by Gasteiger charge is -2.09. The van der Waals surface area contributed by atoms with Gasteiger partial charge >= 0.3 is 0 Å². The molecule has 4 heteroatoms. The highest BCUT2D eigenvalue weighted by Crippen LogP contribution is 2.22. The Morgan fingerprint density at radius 3 is 2.67 bits per heavy atom. The monoisotopic (exact) mass is 280 g/mol. The normalized spacial score (nSPS) is 10.8. The van der Waals surface area contributed by atoms with Gasteiger partial charge in [0.1, 0.15) is 11.4 Å². The molecule has 0 spiro atoms. The van der Waals surface area contributed by atoms with E-state index in [9.17, 15) is 4.79 Å². The van der Waals surface area contributed by atoms with Gasteiger partial charge in [0, 0.05) is 17.3 Å². The summed E-state index contributed by atoms with van der Waals surface area (Å²) in [6.07, 6.45) is 0. The molecule has 1 aromatic carbocycles. The average molecular weight is 280 g/mol. The predicted molar refractivity (Wildman–Crippen MR) is 82.9 cm³/mol. The smallest absolute Gasteiger partial charge is 0.258 e. The van der Waals surface area contributed by atoms with Crippen molar-refractivity contribution in [3.63, 3.8) is 0 Å². The van der Waals surface area contributed by atoms with Crippen LogP contribution >= 0.6 is 0 Å². The van der Waals surface area contributed by atoms with Crippen molar-refractivity contribution >= 4 is 5.65 Å². The fraction of sp³-hybridized carbons (Fsp3) is 0.176. The lowest BCUT2D eigenvalue weighted by Crippen LogP contribution is -2.16. The molecule has 21 heavy (non-hydrogen) atoms. The maximum atomic E-state index is 12.4. The van der Waals surface area contributed by atoms with E-state index in [0.29, 0.717) is 11.3 Å². The van der Waals surface area contributed by atoms with E-state index < -0.39 is 0 Å². The van der Waals surface area contributed by atoms with Crippen LogP contribution in [0.1, 0.15) is 11.3 Å². The van der Waals surface area contributed by atoms with Crippen molar-refractivity contribution in [3.05, 3.63) is 64.1 Å². The Kier molecular flexibility index (Phi) is 3.22. The summed E-state index contributed by atoms with van der Waals surface area (Å²) in [6.45, 7) is 3.91. The fourth-order valence-electron chi connectivity index (χ4n) is 2.52. The summed E-state index contributed by atoms with van der Waals surface area (Å²) in [5.41, 5.74) is 4.09. The molecule has 106 valence electrons. The standard InChI is InChI=1S/C17H16N2O2/c1-11-7-12(2)19-16(8-11)18-15(10-17(19)20)13-5-4-6-14(9-13)21-3/h4-10H,1-3H3. The number of rotatable bonds is 2. The van der Waals surface area contributed by atoms with Gasteiger partial charge < -0.3 is 4.74 Å². The van der Waals surface area contributed by atoms with Crippen LogP contribution in [0.5, 0.6) is 5.75 Å². The van der Waals surface area contributed by atoms with Crippen molar-refractivity contribution < 1.29 is 4.74 Å². The van der Waals surface area contributed by atoms with E-state index in [1.807, 2.05) is 50.2 Å². The molecule has 3 aromatic rings. The number of aryl methyl sites for hydroxylation is 2. The van der Waals surface area contributed by atoms with Gasteiger partial charge in [0.2, 0.25) is 0 Å². The summed E-state index contributed by atoms with van der Waals surface area (Å²) in [6, 6.07) is 13.0. The summed E-state index contributed by atoms with van der Waals surface area (Å²) in [5, 5.41) is 0. The van der Waals surface area contributed by atoms with Crippen LogP contribution in [-0.4, -0.2) is 16.5 Å². The minimum Gasteiger partial charge on any atom is -0.497 e. The lowest BCUT2D eigenvalue weighted by molar-refractivity contribution is 0.415. The lowest BCUT2D eigenvalue weighted by atomic mass is 10.1. The number of aromatic nitrogens is 2. The Morgan fingerprint density at radius 1 is 1.10 bits per heavy atom. The molecule has 0 saturated heterocycles. The third kappa shape index (κ3) is 2.40. The Hall–Kier alpha value is -2.62. The molecule has 2 aromatic heterocycles. The van der Waals surface area contributed by atoms with E-state index in [1.54, 1.807) is 17.6 Å². The van der Waals surface area contributed by atoms with Gasteiger partial charge in [-0.15, -0.1) is 0 Å². The summed E-state index contributed by atoms with van der Waals surface area (Å²) < 4.78 is 6.84. The molecule has 0 aliphatic carbocycles. The molecular weight excluding hydrogens is 264 g/mol. The molecule has 3 rings (SSSR count). The van der Waals surface area contributed by atoms with Crippen LogP contribution in [-0.2, 0) is 0 Å². The maximum Gasteiger partial charge on any atom is 0.258 e. The molecule has 0 atom stereocenters. The summed E-state index contributed by atoms with van der Waals surface area (Å²) in [7, 11) is 1.62. The van der Waals surface area contributed by atoms with E-state index in [4.69, 9.17) is 4.74 Å². The van der Waals surface area contributed by atoms with Gasteiger partial charge in [-0.05, 0) is 43.7 Å². The van der Waals surface area contributed by atoms with Gasteiger partial charge in [-0.25, -0.2) is 4.98 Å². The summed E-state index contributed by atoms with van der Waals surface area (Å²) >= 11 is 0. The number of nitrogens with zero attached hydrogens (tertiary/aromatic N) is 2. The highest BCUT2D eigenvalue weighted by atomic mass is 16.5. The van der Waals surface area contributed by atoms with Crippen LogP contribution in [0.25, 0.3) is 16.9 Å². The number of methoxy groups -OCH3 is 1. The van der Waals surface area contributed by atoms with E-state index in [1.165, 1.54) is 0 Å². The second-order valence-corrected chi connectivity index (χ2v) is 5.08. The number of ether oxygens (including phenoxy) is 1. The maximum absolute atomic E-state index is 12.4. The third-order valence-electron chi connectivity index (χ3n) is 3.46. The first kappa shape index (κ1) is 13.4. The number of benzene rings is 1. The van der Waals surface area contributed by atoms with Gasteiger partial charge in [-0.1, -0.05) is 12.1 Å². The average Bonchev–Trinajstić information content (AvgIpc) is 2.46.